The minimum absolute atomic E-state index is 0.231. The molecule has 122 valence electrons. The van der Waals surface area contributed by atoms with Gasteiger partial charge in [-0.15, -0.1) is 0 Å². The fourth-order valence-corrected chi connectivity index (χ4v) is 4.05. The van der Waals surface area contributed by atoms with Crippen LogP contribution in [0.25, 0.3) is 0 Å². The largest absolute Gasteiger partial charge is 0.352 e. The number of hydrogen-bond acceptors (Lipinski definition) is 3. The van der Waals surface area contributed by atoms with E-state index in [-0.39, 0.29) is 11.3 Å². The Morgan fingerprint density at radius 1 is 1.29 bits per heavy atom. The zero-order chi connectivity index (χ0) is 15.5. The van der Waals surface area contributed by atoms with Gasteiger partial charge in [-0.1, -0.05) is 20.8 Å². The number of hydrogen-bond donors (Lipinski definition) is 2. The molecule has 0 radical (unpaired) electrons. The molecule has 3 atom stereocenters. The third kappa shape index (κ3) is 4.43. The highest BCUT2D eigenvalue weighted by Gasteiger charge is 2.37. The molecule has 1 amide bonds. The average Bonchev–Trinajstić information content (AvgIpc) is 2.98. The van der Waals surface area contributed by atoms with E-state index in [9.17, 15) is 4.79 Å². The zero-order valence-corrected chi connectivity index (χ0v) is 14.0. The van der Waals surface area contributed by atoms with Gasteiger partial charge in [-0.05, 0) is 56.5 Å². The fraction of sp³-hybridized carbons (Fsp3) is 0.941. The quantitative estimate of drug-likeness (QED) is 0.789. The second kappa shape index (κ2) is 7.10. The number of nitrogens with two attached hydrogens (primary N) is 1. The van der Waals surface area contributed by atoms with E-state index in [2.05, 4.69) is 31.0 Å². The lowest BCUT2D eigenvalue weighted by Crippen LogP contribution is -2.42. The molecule has 2 rings (SSSR count). The lowest BCUT2D eigenvalue weighted by molar-refractivity contribution is -0.122. The lowest BCUT2D eigenvalue weighted by atomic mass is 9.76. The summed E-state index contributed by atoms with van der Waals surface area (Å²) in [6.07, 6.45) is 6.28. The van der Waals surface area contributed by atoms with Crippen molar-refractivity contribution in [2.75, 3.05) is 19.6 Å². The lowest BCUT2D eigenvalue weighted by Gasteiger charge is -2.30. The molecule has 2 saturated heterocycles. The third-order valence-electron chi connectivity index (χ3n) is 5.41. The Balaban J connectivity index is 1.76. The van der Waals surface area contributed by atoms with E-state index >= 15 is 0 Å². The third-order valence-corrected chi connectivity index (χ3v) is 5.41. The van der Waals surface area contributed by atoms with E-state index in [1.807, 2.05) is 0 Å². The van der Waals surface area contributed by atoms with Crippen LogP contribution < -0.4 is 11.1 Å². The predicted octanol–water partition coefficient (Wildman–Crippen LogP) is 2.13. The van der Waals surface area contributed by atoms with Crippen molar-refractivity contribution in [3.05, 3.63) is 0 Å². The van der Waals surface area contributed by atoms with Gasteiger partial charge in [0.15, 0.2) is 0 Å². The summed E-state index contributed by atoms with van der Waals surface area (Å²) < 4.78 is 0. The molecule has 0 aromatic heterocycles. The van der Waals surface area contributed by atoms with Crippen LogP contribution in [0.3, 0.4) is 0 Å². The molecular formula is C17H33N3O. The molecule has 0 saturated carbocycles. The van der Waals surface area contributed by atoms with E-state index < -0.39 is 0 Å². The summed E-state index contributed by atoms with van der Waals surface area (Å²) in [6, 6.07) is 0.999. The minimum atomic E-state index is 0.231. The fourth-order valence-electron chi connectivity index (χ4n) is 4.05. The maximum atomic E-state index is 12.3. The summed E-state index contributed by atoms with van der Waals surface area (Å²) in [4.78, 5) is 14.8. The number of fused-ring (bicyclic) bond motifs is 1. The number of rotatable bonds is 6. The van der Waals surface area contributed by atoms with Gasteiger partial charge in [-0.25, -0.2) is 0 Å². The Kier molecular flexibility index (Phi) is 5.67. The summed E-state index contributed by atoms with van der Waals surface area (Å²) in [6.45, 7) is 9.84. The average molecular weight is 295 g/mol. The summed E-state index contributed by atoms with van der Waals surface area (Å²) in [7, 11) is 0. The molecule has 2 aliphatic heterocycles. The predicted molar refractivity (Wildman–Crippen MR) is 87.0 cm³/mol. The first-order chi connectivity index (χ1) is 9.91. The summed E-state index contributed by atoms with van der Waals surface area (Å²) in [5.74, 6) is 0.764. The molecular weight excluding hydrogens is 262 g/mol. The van der Waals surface area contributed by atoms with Gasteiger partial charge in [0.1, 0.15) is 0 Å². The Bertz CT molecular complexity index is 350. The number of nitrogens with one attached hydrogen (secondary N) is 1. The monoisotopic (exact) mass is 295 g/mol. The molecule has 3 N–H and O–H groups in total. The highest BCUT2D eigenvalue weighted by atomic mass is 16.1. The van der Waals surface area contributed by atoms with Gasteiger partial charge in [0.05, 0.1) is 0 Å². The highest BCUT2D eigenvalue weighted by Crippen LogP contribution is 2.32. The van der Waals surface area contributed by atoms with Gasteiger partial charge in [-0.3, -0.25) is 9.69 Å². The zero-order valence-electron chi connectivity index (χ0n) is 14.0. The second-order valence-corrected chi connectivity index (χ2v) is 7.89. The van der Waals surface area contributed by atoms with Crippen molar-refractivity contribution >= 4 is 5.91 Å². The van der Waals surface area contributed by atoms with Crippen LogP contribution in [0.2, 0.25) is 0 Å². The van der Waals surface area contributed by atoms with Crippen molar-refractivity contribution in [3.63, 3.8) is 0 Å². The van der Waals surface area contributed by atoms with Crippen molar-refractivity contribution in [1.29, 1.82) is 0 Å². The molecule has 2 aliphatic rings. The highest BCUT2D eigenvalue weighted by molar-refractivity contribution is 5.76. The first-order valence-electron chi connectivity index (χ1n) is 8.65. The van der Waals surface area contributed by atoms with Gasteiger partial charge in [-0.2, -0.15) is 0 Å². The van der Waals surface area contributed by atoms with Crippen LogP contribution in [0.15, 0.2) is 0 Å². The smallest absolute Gasteiger partial charge is 0.220 e. The normalized spacial score (nSPS) is 27.6. The van der Waals surface area contributed by atoms with Gasteiger partial charge < -0.3 is 11.1 Å². The molecule has 0 aromatic rings. The topological polar surface area (TPSA) is 58.4 Å². The van der Waals surface area contributed by atoms with Gasteiger partial charge in [0.25, 0.3) is 0 Å². The summed E-state index contributed by atoms with van der Waals surface area (Å²) in [5, 5.41) is 3.29. The maximum Gasteiger partial charge on any atom is 0.220 e. The number of carbonyl (C=O) groups is 1. The number of carbonyl (C=O) groups excluding carboxylic acids is 1. The first kappa shape index (κ1) is 16.8. The summed E-state index contributed by atoms with van der Waals surface area (Å²) in [5.41, 5.74) is 5.95. The van der Waals surface area contributed by atoms with Crippen molar-refractivity contribution in [2.24, 2.45) is 17.1 Å². The van der Waals surface area contributed by atoms with E-state index in [1.165, 1.54) is 19.4 Å². The Hall–Kier alpha value is -0.610. The molecule has 0 aromatic carbocycles. The number of nitrogens with zero attached hydrogens (tertiary/aromatic N) is 1. The van der Waals surface area contributed by atoms with Gasteiger partial charge in [0.2, 0.25) is 5.91 Å². The van der Waals surface area contributed by atoms with Crippen LogP contribution in [-0.2, 0) is 4.79 Å². The Morgan fingerprint density at radius 3 is 2.71 bits per heavy atom. The van der Waals surface area contributed by atoms with Crippen LogP contribution in [0.4, 0.5) is 0 Å². The van der Waals surface area contributed by atoms with E-state index in [0.717, 1.165) is 25.8 Å². The van der Waals surface area contributed by atoms with Crippen molar-refractivity contribution in [2.45, 2.75) is 71.4 Å². The standard InChI is InChI=1S/C17H33N3O/c1-17(2,3)13(8-10-18)6-7-16(21)19-14-9-12-20-11-4-5-15(14)20/h13-15H,4-12,18H2,1-3H3,(H,19,21). The SMILES string of the molecule is CC(C)(C)C(CCN)CCC(=O)NC1CCN2CCCC12. The van der Waals surface area contributed by atoms with Crippen molar-refractivity contribution in [3.8, 4) is 0 Å². The van der Waals surface area contributed by atoms with Gasteiger partial charge >= 0.3 is 0 Å². The molecule has 21 heavy (non-hydrogen) atoms. The van der Waals surface area contributed by atoms with E-state index in [4.69, 9.17) is 5.73 Å². The molecule has 4 nitrogen and oxygen atoms in total. The maximum absolute atomic E-state index is 12.3. The van der Waals surface area contributed by atoms with Crippen molar-refractivity contribution in [1.82, 2.24) is 10.2 Å². The molecule has 0 aliphatic carbocycles. The van der Waals surface area contributed by atoms with Crippen LogP contribution >= 0.6 is 0 Å². The van der Waals surface area contributed by atoms with E-state index in [1.54, 1.807) is 0 Å². The van der Waals surface area contributed by atoms with E-state index in [0.29, 0.717) is 31.0 Å². The van der Waals surface area contributed by atoms with Crippen LogP contribution in [0, 0.1) is 11.3 Å². The van der Waals surface area contributed by atoms with Gasteiger partial charge in [0, 0.05) is 25.0 Å². The van der Waals surface area contributed by atoms with Crippen molar-refractivity contribution < 1.29 is 4.79 Å². The first-order valence-corrected chi connectivity index (χ1v) is 8.65. The molecule has 2 heterocycles. The Morgan fingerprint density at radius 2 is 2.05 bits per heavy atom. The molecule has 2 fully saturated rings. The van der Waals surface area contributed by atoms with Crippen LogP contribution in [-0.4, -0.2) is 42.5 Å². The van der Waals surface area contributed by atoms with Crippen LogP contribution in [0.1, 0.15) is 59.3 Å². The molecule has 0 bridgehead atoms. The summed E-state index contributed by atoms with van der Waals surface area (Å²) >= 11 is 0. The molecule has 4 heteroatoms. The molecule has 3 unspecified atom stereocenters. The number of amides is 1. The Labute approximate surface area is 129 Å². The van der Waals surface area contributed by atoms with Crippen LogP contribution in [0.5, 0.6) is 0 Å². The second-order valence-electron chi connectivity index (χ2n) is 7.89. The minimum Gasteiger partial charge on any atom is -0.352 e. The molecule has 0 spiro atoms.